The van der Waals surface area contributed by atoms with Gasteiger partial charge in [0.25, 0.3) is 5.91 Å². The number of aryl methyl sites for hydroxylation is 1. The summed E-state index contributed by atoms with van der Waals surface area (Å²) < 4.78 is 79.1. The molecule has 69 heavy (non-hydrogen) atoms. The van der Waals surface area contributed by atoms with Gasteiger partial charge in [0.15, 0.2) is 10.9 Å². The number of amides is 4. The number of pyridine rings is 1. The number of benzene rings is 2. The lowest BCUT2D eigenvalue weighted by Crippen LogP contribution is -2.58. The third kappa shape index (κ3) is 11.6. The summed E-state index contributed by atoms with van der Waals surface area (Å²) in [6, 6.07) is 12.2. The van der Waals surface area contributed by atoms with E-state index in [0.717, 1.165) is 33.8 Å². The Bertz CT molecular complexity index is 2620. The summed E-state index contributed by atoms with van der Waals surface area (Å²) >= 11 is 7.09. The normalized spacial score (nSPS) is 16.4. The van der Waals surface area contributed by atoms with Gasteiger partial charge < -0.3 is 34.5 Å². The second-order valence-corrected chi connectivity index (χ2v) is 18.9. The Morgan fingerprint density at radius 3 is 2.33 bits per heavy atom. The molecule has 4 amide bonds. The lowest BCUT2D eigenvalue weighted by molar-refractivity contribution is -0.144. The molecule has 16 nitrogen and oxygen atoms in total. The summed E-state index contributed by atoms with van der Waals surface area (Å²) in [7, 11) is 1.29. The first-order valence-corrected chi connectivity index (χ1v) is 23.1. The molecule has 6 rings (SSSR count). The van der Waals surface area contributed by atoms with Crippen molar-refractivity contribution in [2.45, 2.75) is 84.7 Å². The van der Waals surface area contributed by atoms with Crippen molar-refractivity contribution in [3.05, 3.63) is 82.2 Å². The van der Waals surface area contributed by atoms with Crippen LogP contribution in [0.3, 0.4) is 0 Å². The summed E-state index contributed by atoms with van der Waals surface area (Å²) in [5.41, 5.74) is -0.917. The fourth-order valence-corrected chi connectivity index (χ4v) is 9.23. The van der Waals surface area contributed by atoms with Gasteiger partial charge >= 0.3 is 6.18 Å². The van der Waals surface area contributed by atoms with Crippen LogP contribution in [-0.2, 0) is 41.4 Å². The molecule has 2 aromatic carbocycles. The second kappa shape index (κ2) is 21.6. The Morgan fingerprint density at radius 2 is 1.70 bits per heavy atom. The monoisotopic (exact) mass is 996 g/mol. The van der Waals surface area contributed by atoms with Gasteiger partial charge in [-0.25, -0.2) is 9.37 Å². The summed E-state index contributed by atoms with van der Waals surface area (Å²) in [6.07, 6.45) is -4.08. The molecule has 2 aliphatic rings. The highest BCUT2D eigenvalue weighted by Gasteiger charge is 2.53. The van der Waals surface area contributed by atoms with E-state index in [1.54, 1.807) is 21.7 Å². The molecule has 2 atom stereocenters. The number of carbonyl (C=O) groups is 4. The second-order valence-electron chi connectivity index (χ2n) is 17.7. The molecule has 0 radical (unpaired) electrons. The number of thiazole rings is 1. The van der Waals surface area contributed by atoms with E-state index in [1.807, 2.05) is 52.0 Å². The predicted octanol–water partition coefficient (Wildman–Crippen LogP) is 6.72. The molecule has 0 bridgehead atoms. The lowest BCUT2D eigenvalue weighted by Gasteiger charge is -2.35. The van der Waals surface area contributed by atoms with Crippen LogP contribution in [-0.4, -0.2) is 108 Å². The number of alkyl halides is 3. The first-order valence-electron chi connectivity index (χ1n) is 21.8. The van der Waals surface area contributed by atoms with Gasteiger partial charge in [-0.05, 0) is 80.6 Å². The third-order valence-corrected chi connectivity index (χ3v) is 12.8. The fourth-order valence-electron chi connectivity index (χ4n) is 7.91. The quantitative estimate of drug-likeness (QED) is 0.0608. The zero-order chi connectivity index (χ0) is 50.4. The highest BCUT2D eigenvalue weighted by molar-refractivity contribution is 7.81. The first-order chi connectivity index (χ1) is 32.6. The van der Waals surface area contributed by atoms with Gasteiger partial charge in [-0.15, -0.1) is 11.3 Å². The third-order valence-electron chi connectivity index (χ3n) is 11.5. The zero-order valence-corrected chi connectivity index (χ0v) is 40.6. The van der Waals surface area contributed by atoms with Crippen molar-refractivity contribution in [2.75, 3.05) is 56.5 Å². The Hall–Kier alpha value is -6.28. The molecule has 22 heteroatoms. The van der Waals surface area contributed by atoms with E-state index in [9.17, 15) is 37.6 Å². The highest BCUT2D eigenvalue weighted by Crippen LogP contribution is 2.44. The lowest BCUT2D eigenvalue weighted by atomic mass is 9.85. The number of likely N-dealkylation sites (tertiary alicyclic amines) is 1. The molecule has 368 valence electrons. The number of halogens is 4. The van der Waals surface area contributed by atoms with Crippen molar-refractivity contribution >= 4 is 63.7 Å². The van der Waals surface area contributed by atoms with E-state index >= 15 is 4.39 Å². The van der Waals surface area contributed by atoms with Crippen LogP contribution in [0.15, 0.2) is 54.0 Å². The van der Waals surface area contributed by atoms with Crippen molar-refractivity contribution in [3.63, 3.8) is 0 Å². The van der Waals surface area contributed by atoms with E-state index in [1.165, 1.54) is 44.1 Å². The molecule has 2 fully saturated rings. The van der Waals surface area contributed by atoms with Crippen molar-refractivity contribution in [1.29, 1.82) is 5.26 Å². The van der Waals surface area contributed by atoms with Crippen LogP contribution in [0.25, 0.3) is 10.4 Å². The van der Waals surface area contributed by atoms with E-state index in [2.05, 4.69) is 20.6 Å². The molecular weight excluding hydrogens is 945 g/mol. The number of rotatable bonds is 18. The van der Waals surface area contributed by atoms with Crippen LogP contribution in [0.1, 0.15) is 69.8 Å². The van der Waals surface area contributed by atoms with Crippen LogP contribution in [0.5, 0.6) is 11.8 Å². The Kier molecular flexibility index (Phi) is 16.3. The maximum absolute atomic E-state index is 15.5. The number of ether oxygens (including phenoxy) is 4. The topological polar surface area (TPSA) is 189 Å². The highest BCUT2D eigenvalue weighted by atomic mass is 32.1. The van der Waals surface area contributed by atoms with E-state index in [4.69, 9.17) is 31.2 Å². The van der Waals surface area contributed by atoms with Gasteiger partial charge in [-0.1, -0.05) is 45.0 Å². The van der Waals surface area contributed by atoms with Crippen molar-refractivity contribution in [3.8, 4) is 28.3 Å². The molecule has 1 unspecified atom stereocenters. The summed E-state index contributed by atoms with van der Waals surface area (Å²) in [4.78, 5) is 67.2. The summed E-state index contributed by atoms with van der Waals surface area (Å²) in [5, 5.41) is 14.6. The van der Waals surface area contributed by atoms with Crippen LogP contribution in [0, 0.1) is 29.5 Å². The molecule has 0 spiro atoms. The van der Waals surface area contributed by atoms with Crippen molar-refractivity contribution in [1.82, 2.24) is 25.5 Å². The number of nitrogens with one attached hydrogen (secondary N) is 2. The molecule has 0 aliphatic carbocycles. The van der Waals surface area contributed by atoms with Gasteiger partial charge in [0, 0.05) is 19.2 Å². The molecule has 4 heterocycles. The Balaban J connectivity index is 0.947. The smallest absolute Gasteiger partial charge is 0.420 e. The van der Waals surface area contributed by atoms with Gasteiger partial charge in [0.1, 0.15) is 42.1 Å². The number of thiocarbonyl (C=S) groups is 1. The number of nitriles is 1. The molecule has 2 aliphatic heterocycles. The minimum absolute atomic E-state index is 0.0151. The molecule has 0 saturated carbocycles. The fraction of sp³-hybridized carbons (Fsp3) is 0.447. The molecule has 2 N–H and O–H groups in total. The van der Waals surface area contributed by atoms with Crippen molar-refractivity contribution < 1.29 is 55.7 Å². The Morgan fingerprint density at radius 1 is 1.01 bits per heavy atom. The van der Waals surface area contributed by atoms with E-state index < -0.39 is 63.7 Å². The SMILES string of the molecule is COc1nc(OCCOCCOCC(=O)NC(C(=O)N2CCC[C@H]2C(=O)NCc2ccc(-c3scnc3C)cc2)C(C)(C)C)ccc1N1C(=S)N(c2ccc(C#N)c(C(F)(F)F)c2F)C(=O)C1(C)C. The van der Waals surface area contributed by atoms with Gasteiger partial charge in [0.05, 0.1) is 60.3 Å². The van der Waals surface area contributed by atoms with E-state index in [0.29, 0.717) is 30.8 Å². The summed E-state index contributed by atoms with van der Waals surface area (Å²) in [5.74, 6) is -3.78. The van der Waals surface area contributed by atoms with Crippen LogP contribution in [0.2, 0.25) is 0 Å². The maximum atomic E-state index is 15.5. The van der Waals surface area contributed by atoms with Gasteiger partial charge in [-0.2, -0.15) is 23.4 Å². The number of hydrogen-bond donors (Lipinski definition) is 2. The Labute approximate surface area is 405 Å². The van der Waals surface area contributed by atoms with Gasteiger partial charge in [0.2, 0.25) is 29.5 Å². The number of anilines is 2. The summed E-state index contributed by atoms with van der Waals surface area (Å²) in [6.45, 7) is 10.9. The van der Waals surface area contributed by atoms with Crippen LogP contribution >= 0.6 is 23.6 Å². The molecule has 4 aromatic rings. The van der Waals surface area contributed by atoms with Crippen molar-refractivity contribution in [2.24, 2.45) is 5.41 Å². The minimum Gasteiger partial charge on any atom is -0.479 e. The largest absolute Gasteiger partial charge is 0.479 e. The average Bonchev–Trinajstić information content (AvgIpc) is 4.01. The predicted molar refractivity (Wildman–Crippen MR) is 251 cm³/mol. The van der Waals surface area contributed by atoms with Crippen LogP contribution in [0.4, 0.5) is 28.9 Å². The standard InChI is InChI=1S/C47H52F4N8O8S2/c1-27-38(69-26-54-27)29-12-10-28(11-13-29)24-53-40(61)32-9-8-18-57(32)42(62)39(45(2,3)4)55-34(60)25-66-20-19-65-21-22-67-35-17-16-33(41(56-35)64-7)59-44(68)58(43(63)46(59,5)6)31-15-14-30(23-52)36(37(31)48)47(49,50)51/h10-17,26,32,39H,8-9,18-22,24-25H2,1-7H3,(H,53,61)(H,55,60)/t32-,39?/m0/s1. The number of hydrogen-bond acceptors (Lipinski definition) is 13. The number of methoxy groups -OCH3 is 1. The van der Waals surface area contributed by atoms with Crippen LogP contribution < -0.4 is 29.9 Å². The molecule has 2 saturated heterocycles. The zero-order valence-electron chi connectivity index (χ0n) is 39.0. The van der Waals surface area contributed by atoms with E-state index in [-0.39, 0.29) is 67.4 Å². The average molecular weight is 997 g/mol. The first kappa shape index (κ1) is 52.1. The molecule has 2 aromatic heterocycles. The number of nitrogens with zero attached hydrogens (tertiary/aromatic N) is 6. The number of aromatic nitrogens is 2. The minimum atomic E-state index is -5.23. The van der Waals surface area contributed by atoms with Gasteiger partial charge in [-0.3, -0.25) is 29.0 Å². The maximum Gasteiger partial charge on any atom is 0.420 e. The molecular formula is C47H52F4N8O8S2. The number of carbonyl (C=O) groups excluding carboxylic acids is 4.